The normalized spacial score (nSPS) is 11.3. The summed E-state index contributed by atoms with van der Waals surface area (Å²) in [5.74, 6) is 0.00297. The second-order valence-corrected chi connectivity index (χ2v) is 5.63. The Morgan fingerprint density at radius 1 is 0.923 bits per heavy atom. The van der Waals surface area contributed by atoms with Crippen LogP contribution in [0, 0.1) is 5.82 Å². The van der Waals surface area contributed by atoms with Crippen molar-refractivity contribution in [1.82, 2.24) is 9.97 Å². The summed E-state index contributed by atoms with van der Waals surface area (Å²) in [4.78, 5) is 8.09. The molecular weight excluding hydrogens is 372 g/mol. The molecule has 0 amide bonds. The summed E-state index contributed by atoms with van der Waals surface area (Å²) in [6, 6.07) is 10.7. The Bertz CT molecular complexity index is 931. The predicted molar refractivity (Wildman–Crippen MR) is 91.5 cm³/mol. The second-order valence-electron chi connectivity index (χ2n) is 5.22. The van der Waals surface area contributed by atoms with Crippen LogP contribution < -0.4 is 10.6 Å². The Hall–Kier alpha value is -2.87. The van der Waals surface area contributed by atoms with Crippen molar-refractivity contribution in [1.29, 1.82) is 0 Å². The summed E-state index contributed by atoms with van der Waals surface area (Å²) < 4.78 is 52.0. The lowest BCUT2D eigenvalue weighted by molar-refractivity contribution is -0.137. The standard InChI is InChI=1S/C17H11ClF4N4/c18-14-5-4-12(9-13(14)17(20,21)22)25-16-23-7-6-15(26-16)24-11-3-1-2-10(19)8-11/h1-9H,(H2,23,24,25,26). The predicted octanol–water partition coefficient (Wildman–Crippen LogP) is 5.78. The van der Waals surface area contributed by atoms with Crippen LogP contribution in [0.3, 0.4) is 0 Å². The van der Waals surface area contributed by atoms with E-state index in [0.717, 1.165) is 12.1 Å². The molecule has 0 atom stereocenters. The molecule has 26 heavy (non-hydrogen) atoms. The van der Waals surface area contributed by atoms with Crippen molar-refractivity contribution in [2.45, 2.75) is 6.18 Å². The van der Waals surface area contributed by atoms with E-state index < -0.39 is 22.6 Å². The van der Waals surface area contributed by atoms with Gasteiger partial charge in [-0.15, -0.1) is 0 Å². The lowest BCUT2D eigenvalue weighted by Gasteiger charge is -2.12. The SMILES string of the molecule is Fc1cccc(Nc2ccnc(Nc3ccc(Cl)c(C(F)(F)F)c3)n2)c1. The van der Waals surface area contributed by atoms with Crippen LogP contribution in [0.4, 0.5) is 40.7 Å². The molecule has 1 heterocycles. The summed E-state index contributed by atoms with van der Waals surface area (Å²) in [6.07, 6.45) is -3.16. The van der Waals surface area contributed by atoms with E-state index in [0.29, 0.717) is 11.5 Å². The summed E-state index contributed by atoms with van der Waals surface area (Å²) in [7, 11) is 0. The number of halogens is 5. The lowest BCUT2D eigenvalue weighted by Crippen LogP contribution is -2.07. The van der Waals surface area contributed by atoms with Gasteiger partial charge in [-0.3, -0.25) is 0 Å². The number of nitrogens with one attached hydrogen (secondary N) is 2. The van der Waals surface area contributed by atoms with Gasteiger partial charge in [0.25, 0.3) is 0 Å². The minimum atomic E-state index is -4.57. The Morgan fingerprint density at radius 2 is 1.69 bits per heavy atom. The van der Waals surface area contributed by atoms with Gasteiger partial charge in [-0.1, -0.05) is 17.7 Å². The van der Waals surface area contributed by atoms with Crippen LogP contribution in [0.5, 0.6) is 0 Å². The molecule has 0 bridgehead atoms. The van der Waals surface area contributed by atoms with E-state index >= 15 is 0 Å². The quantitative estimate of drug-likeness (QED) is 0.562. The number of rotatable bonds is 4. The summed E-state index contributed by atoms with van der Waals surface area (Å²) in [5, 5.41) is 5.17. The maximum absolute atomic E-state index is 13.2. The highest BCUT2D eigenvalue weighted by Gasteiger charge is 2.33. The zero-order valence-corrected chi connectivity index (χ0v) is 13.7. The third kappa shape index (κ3) is 4.40. The molecule has 2 aromatic carbocycles. The zero-order valence-electron chi connectivity index (χ0n) is 13.0. The van der Waals surface area contributed by atoms with Crippen molar-refractivity contribution >= 4 is 34.7 Å². The van der Waals surface area contributed by atoms with Crippen molar-refractivity contribution in [3.8, 4) is 0 Å². The van der Waals surface area contributed by atoms with Crippen LogP contribution in [-0.2, 0) is 6.18 Å². The smallest absolute Gasteiger partial charge is 0.340 e. The van der Waals surface area contributed by atoms with Crippen LogP contribution >= 0.6 is 11.6 Å². The van der Waals surface area contributed by atoms with E-state index in [4.69, 9.17) is 11.6 Å². The maximum Gasteiger partial charge on any atom is 0.417 e. The first-order chi connectivity index (χ1) is 12.3. The lowest BCUT2D eigenvalue weighted by atomic mass is 10.2. The van der Waals surface area contributed by atoms with Gasteiger partial charge >= 0.3 is 6.18 Å². The van der Waals surface area contributed by atoms with Crippen molar-refractivity contribution in [2.24, 2.45) is 0 Å². The van der Waals surface area contributed by atoms with Gasteiger partial charge in [-0.25, -0.2) is 9.37 Å². The summed E-state index contributed by atoms with van der Waals surface area (Å²) in [5.41, 5.74) is -0.358. The van der Waals surface area contributed by atoms with Gasteiger partial charge in [0.15, 0.2) is 0 Å². The van der Waals surface area contributed by atoms with E-state index in [2.05, 4.69) is 20.6 Å². The number of benzene rings is 2. The first-order valence-electron chi connectivity index (χ1n) is 7.31. The van der Waals surface area contributed by atoms with Gasteiger partial charge in [0.2, 0.25) is 5.95 Å². The molecule has 3 rings (SSSR count). The molecule has 0 saturated carbocycles. The van der Waals surface area contributed by atoms with E-state index in [1.807, 2.05) is 0 Å². The van der Waals surface area contributed by atoms with Crippen LogP contribution in [0.15, 0.2) is 54.7 Å². The average molecular weight is 383 g/mol. The molecule has 4 nitrogen and oxygen atoms in total. The third-order valence-corrected chi connectivity index (χ3v) is 3.61. The van der Waals surface area contributed by atoms with Gasteiger partial charge in [-0.05, 0) is 42.5 Å². The molecule has 1 aromatic heterocycles. The van der Waals surface area contributed by atoms with Gasteiger partial charge in [0, 0.05) is 17.6 Å². The van der Waals surface area contributed by atoms with Gasteiger partial charge < -0.3 is 10.6 Å². The number of aromatic nitrogens is 2. The molecule has 0 radical (unpaired) electrons. The highest BCUT2D eigenvalue weighted by molar-refractivity contribution is 6.31. The van der Waals surface area contributed by atoms with E-state index in [-0.39, 0.29) is 11.6 Å². The average Bonchev–Trinajstić information content (AvgIpc) is 2.56. The number of alkyl halides is 3. The summed E-state index contributed by atoms with van der Waals surface area (Å²) in [6.45, 7) is 0. The molecular formula is C17H11ClF4N4. The van der Waals surface area contributed by atoms with Crippen LogP contribution in [0.1, 0.15) is 5.56 Å². The molecule has 0 aliphatic rings. The van der Waals surface area contributed by atoms with Crippen molar-refractivity contribution in [3.05, 3.63) is 71.1 Å². The van der Waals surface area contributed by atoms with Gasteiger partial charge in [-0.2, -0.15) is 18.2 Å². The van der Waals surface area contributed by atoms with Crippen LogP contribution in [-0.4, -0.2) is 9.97 Å². The van der Waals surface area contributed by atoms with Gasteiger partial charge in [0.05, 0.1) is 10.6 Å². The molecule has 0 aliphatic heterocycles. The highest BCUT2D eigenvalue weighted by Crippen LogP contribution is 2.36. The Balaban J connectivity index is 1.81. The first-order valence-corrected chi connectivity index (χ1v) is 7.68. The van der Waals surface area contributed by atoms with E-state index in [1.54, 1.807) is 12.1 Å². The highest BCUT2D eigenvalue weighted by atomic mass is 35.5. The Morgan fingerprint density at radius 3 is 2.42 bits per heavy atom. The molecule has 3 aromatic rings. The third-order valence-electron chi connectivity index (χ3n) is 3.28. The monoisotopic (exact) mass is 382 g/mol. The molecule has 0 spiro atoms. The summed E-state index contributed by atoms with van der Waals surface area (Å²) >= 11 is 5.59. The molecule has 0 unspecified atom stereocenters. The number of hydrogen-bond acceptors (Lipinski definition) is 4. The molecule has 134 valence electrons. The molecule has 9 heteroatoms. The molecule has 2 N–H and O–H groups in total. The minimum Gasteiger partial charge on any atom is -0.340 e. The maximum atomic E-state index is 13.2. The van der Waals surface area contributed by atoms with E-state index in [9.17, 15) is 17.6 Å². The Kier molecular flexibility index (Phi) is 4.94. The molecule has 0 aliphatic carbocycles. The van der Waals surface area contributed by atoms with Crippen molar-refractivity contribution < 1.29 is 17.6 Å². The zero-order chi connectivity index (χ0) is 18.7. The number of hydrogen-bond donors (Lipinski definition) is 2. The van der Waals surface area contributed by atoms with E-state index in [1.165, 1.54) is 30.5 Å². The number of anilines is 4. The molecule has 0 fully saturated rings. The second kappa shape index (κ2) is 7.17. The first kappa shape index (κ1) is 17.9. The van der Waals surface area contributed by atoms with Crippen LogP contribution in [0.25, 0.3) is 0 Å². The minimum absolute atomic E-state index is 0.0712. The fraction of sp³-hybridized carbons (Fsp3) is 0.0588. The van der Waals surface area contributed by atoms with Crippen LogP contribution in [0.2, 0.25) is 5.02 Å². The largest absolute Gasteiger partial charge is 0.417 e. The number of nitrogens with zero attached hydrogens (tertiary/aromatic N) is 2. The van der Waals surface area contributed by atoms with Crippen molar-refractivity contribution in [3.63, 3.8) is 0 Å². The van der Waals surface area contributed by atoms with Gasteiger partial charge in [0.1, 0.15) is 11.6 Å². The Labute approximate surface area is 150 Å². The topological polar surface area (TPSA) is 49.8 Å². The fourth-order valence-electron chi connectivity index (χ4n) is 2.15. The fourth-order valence-corrected chi connectivity index (χ4v) is 2.38. The molecule has 0 saturated heterocycles. The van der Waals surface area contributed by atoms with Crippen molar-refractivity contribution in [2.75, 3.05) is 10.6 Å².